The lowest BCUT2D eigenvalue weighted by molar-refractivity contribution is -0.130. The zero-order chi connectivity index (χ0) is 18.5. The monoisotopic (exact) mass is 387 g/mol. The van der Waals surface area contributed by atoms with Gasteiger partial charge in [-0.15, -0.1) is 12.4 Å². The molecule has 0 aliphatic carbocycles. The number of hydrogen-bond donors (Lipinski definition) is 3. The van der Waals surface area contributed by atoms with Crippen LogP contribution in [0.4, 0.5) is 0 Å². The first-order chi connectivity index (χ1) is 12.5. The normalized spacial score (nSPS) is 17.6. The van der Waals surface area contributed by atoms with Gasteiger partial charge in [0.05, 0.1) is 12.1 Å². The second-order valence-corrected chi connectivity index (χ2v) is 6.78. The van der Waals surface area contributed by atoms with Crippen molar-refractivity contribution in [3.63, 3.8) is 0 Å². The van der Waals surface area contributed by atoms with Gasteiger partial charge in [-0.25, -0.2) is 0 Å². The second-order valence-electron chi connectivity index (χ2n) is 6.78. The number of carbonyl (C=O) groups is 2. The molecule has 0 bridgehead atoms. The molecule has 2 amide bonds. The van der Waals surface area contributed by atoms with Crippen molar-refractivity contribution in [2.24, 2.45) is 0 Å². The summed E-state index contributed by atoms with van der Waals surface area (Å²) in [5.41, 5.74) is 3.44. The minimum Gasteiger partial charge on any atom is -0.348 e. The summed E-state index contributed by atoms with van der Waals surface area (Å²) in [7, 11) is 0. The molecular weight excluding hydrogens is 362 g/mol. The average Bonchev–Trinajstić information content (AvgIpc) is 2.68. The molecule has 3 atom stereocenters. The van der Waals surface area contributed by atoms with Crippen LogP contribution in [0.15, 0.2) is 54.6 Å². The zero-order valence-electron chi connectivity index (χ0n) is 15.6. The van der Waals surface area contributed by atoms with E-state index in [1.54, 1.807) is 6.92 Å². The Morgan fingerprint density at radius 3 is 2.30 bits per heavy atom. The lowest BCUT2D eigenvalue weighted by Gasteiger charge is -2.27. The van der Waals surface area contributed by atoms with Crippen LogP contribution in [0.25, 0.3) is 0 Å². The molecule has 0 radical (unpaired) electrons. The third kappa shape index (κ3) is 5.31. The summed E-state index contributed by atoms with van der Waals surface area (Å²) in [6, 6.07) is 16.9. The Morgan fingerprint density at radius 1 is 0.963 bits per heavy atom. The van der Waals surface area contributed by atoms with Gasteiger partial charge in [0.25, 0.3) is 0 Å². The lowest BCUT2D eigenvalue weighted by atomic mass is 9.95. The number of rotatable bonds is 5. The first kappa shape index (κ1) is 20.9. The van der Waals surface area contributed by atoms with Gasteiger partial charge in [0.1, 0.15) is 6.04 Å². The molecule has 0 fully saturated rings. The molecule has 144 valence electrons. The molecule has 1 heterocycles. The Bertz CT molecular complexity index is 782. The summed E-state index contributed by atoms with van der Waals surface area (Å²) in [5.74, 6) is -0.333. The SMILES string of the molecule is CC(NC(=O)[C@H](C)NC(=O)[C@@H]1Cc2ccccc2CN1)c1ccccc1.Cl. The van der Waals surface area contributed by atoms with Gasteiger partial charge in [0, 0.05) is 6.54 Å². The second kappa shape index (κ2) is 9.53. The summed E-state index contributed by atoms with van der Waals surface area (Å²) < 4.78 is 0. The van der Waals surface area contributed by atoms with E-state index in [1.165, 1.54) is 11.1 Å². The van der Waals surface area contributed by atoms with Crippen LogP contribution in [0.1, 0.15) is 36.6 Å². The Labute approximate surface area is 166 Å². The number of carbonyl (C=O) groups excluding carboxylic acids is 2. The fourth-order valence-electron chi connectivity index (χ4n) is 3.18. The summed E-state index contributed by atoms with van der Waals surface area (Å²) in [5, 5.41) is 9.01. The number of halogens is 1. The van der Waals surface area contributed by atoms with Gasteiger partial charge in [-0.05, 0) is 37.0 Å². The molecule has 3 rings (SSSR count). The summed E-state index contributed by atoms with van der Waals surface area (Å²) in [4.78, 5) is 24.9. The molecule has 1 aliphatic rings. The van der Waals surface area contributed by atoms with Gasteiger partial charge in [-0.2, -0.15) is 0 Å². The smallest absolute Gasteiger partial charge is 0.242 e. The quantitative estimate of drug-likeness (QED) is 0.738. The first-order valence-corrected chi connectivity index (χ1v) is 9.00. The summed E-state index contributed by atoms with van der Waals surface area (Å²) >= 11 is 0. The molecule has 0 saturated carbocycles. The van der Waals surface area contributed by atoms with Crippen molar-refractivity contribution in [1.82, 2.24) is 16.0 Å². The van der Waals surface area contributed by atoms with Crippen molar-refractivity contribution in [3.05, 3.63) is 71.3 Å². The molecular formula is C21H26ClN3O2. The van der Waals surface area contributed by atoms with E-state index in [0.717, 1.165) is 5.56 Å². The summed E-state index contributed by atoms with van der Waals surface area (Å²) in [6.07, 6.45) is 0.636. The molecule has 1 aliphatic heterocycles. The van der Waals surface area contributed by atoms with E-state index in [4.69, 9.17) is 0 Å². The van der Waals surface area contributed by atoms with Crippen LogP contribution < -0.4 is 16.0 Å². The van der Waals surface area contributed by atoms with Crippen LogP contribution >= 0.6 is 12.4 Å². The molecule has 0 saturated heterocycles. The van der Waals surface area contributed by atoms with Gasteiger partial charge < -0.3 is 16.0 Å². The van der Waals surface area contributed by atoms with Crippen molar-refractivity contribution in [2.75, 3.05) is 0 Å². The molecule has 27 heavy (non-hydrogen) atoms. The van der Waals surface area contributed by atoms with E-state index < -0.39 is 6.04 Å². The first-order valence-electron chi connectivity index (χ1n) is 9.00. The maximum absolute atomic E-state index is 12.5. The fraction of sp³-hybridized carbons (Fsp3) is 0.333. The Balaban J connectivity index is 0.00000261. The zero-order valence-corrected chi connectivity index (χ0v) is 16.4. The third-order valence-corrected chi connectivity index (χ3v) is 4.81. The standard InChI is InChI=1S/C21H25N3O2.ClH/c1-14(16-8-4-3-5-9-16)23-20(25)15(2)24-21(26)19-12-17-10-6-7-11-18(17)13-22-19;/h3-11,14-15,19,22H,12-13H2,1-2H3,(H,23,25)(H,24,26);1H/t14?,15-,19-;/m0./s1. The van der Waals surface area contributed by atoms with Crippen LogP contribution in [-0.2, 0) is 22.6 Å². The van der Waals surface area contributed by atoms with E-state index in [-0.39, 0.29) is 36.3 Å². The van der Waals surface area contributed by atoms with Crippen molar-refractivity contribution in [1.29, 1.82) is 0 Å². The van der Waals surface area contributed by atoms with Crippen molar-refractivity contribution < 1.29 is 9.59 Å². The highest BCUT2D eigenvalue weighted by molar-refractivity contribution is 5.90. The van der Waals surface area contributed by atoms with E-state index in [1.807, 2.05) is 55.5 Å². The number of fused-ring (bicyclic) bond motifs is 1. The molecule has 3 N–H and O–H groups in total. The predicted octanol–water partition coefficient (Wildman–Crippen LogP) is 2.50. The van der Waals surface area contributed by atoms with E-state index in [2.05, 4.69) is 22.0 Å². The highest BCUT2D eigenvalue weighted by atomic mass is 35.5. The Hall–Kier alpha value is -2.37. The molecule has 0 aromatic heterocycles. The number of nitrogens with one attached hydrogen (secondary N) is 3. The highest BCUT2D eigenvalue weighted by Crippen LogP contribution is 2.16. The fourth-order valence-corrected chi connectivity index (χ4v) is 3.18. The topological polar surface area (TPSA) is 70.2 Å². The number of amides is 2. The highest BCUT2D eigenvalue weighted by Gasteiger charge is 2.26. The minimum atomic E-state index is -0.590. The maximum atomic E-state index is 12.5. The number of hydrogen-bond acceptors (Lipinski definition) is 3. The molecule has 2 aromatic rings. The largest absolute Gasteiger partial charge is 0.348 e. The lowest BCUT2D eigenvalue weighted by Crippen LogP contribution is -2.53. The van der Waals surface area contributed by atoms with Gasteiger partial charge in [-0.1, -0.05) is 54.6 Å². The Morgan fingerprint density at radius 2 is 1.59 bits per heavy atom. The molecule has 0 spiro atoms. The van der Waals surface area contributed by atoms with Crippen molar-refractivity contribution in [2.45, 2.75) is 44.9 Å². The molecule has 2 aromatic carbocycles. The maximum Gasteiger partial charge on any atom is 0.242 e. The van der Waals surface area contributed by atoms with Crippen LogP contribution in [0.5, 0.6) is 0 Å². The third-order valence-electron chi connectivity index (χ3n) is 4.81. The van der Waals surface area contributed by atoms with Gasteiger partial charge in [0.2, 0.25) is 11.8 Å². The Kier molecular flexibility index (Phi) is 7.39. The van der Waals surface area contributed by atoms with Crippen LogP contribution in [0.3, 0.4) is 0 Å². The van der Waals surface area contributed by atoms with Crippen molar-refractivity contribution >= 4 is 24.2 Å². The van der Waals surface area contributed by atoms with E-state index >= 15 is 0 Å². The summed E-state index contributed by atoms with van der Waals surface area (Å²) in [6.45, 7) is 4.31. The van der Waals surface area contributed by atoms with Crippen LogP contribution in [0.2, 0.25) is 0 Å². The molecule has 1 unspecified atom stereocenters. The average molecular weight is 388 g/mol. The van der Waals surface area contributed by atoms with Crippen LogP contribution in [-0.4, -0.2) is 23.9 Å². The van der Waals surface area contributed by atoms with Crippen LogP contribution in [0, 0.1) is 0 Å². The molecule has 5 nitrogen and oxygen atoms in total. The van der Waals surface area contributed by atoms with E-state index in [9.17, 15) is 9.59 Å². The van der Waals surface area contributed by atoms with Gasteiger partial charge >= 0.3 is 0 Å². The van der Waals surface area contributed by atoms with E-state index in [0.29, 0.717) is 13.0 Å². The molecule has 6 heteroatoms. The van der Waals surface area contributed by atoms with Gasteiger partial charge in [0.15, 0.2) is 0 Å². The van der Waals surface area contributed by atoms with Gasteiger partial charge in [-0.3, -0.25) is 9.59 Å². The minimum absolute atomic E-state index is 0. The number of benzene rings is 2. The van der Waals surface area contributed by atoms with Crippen molar-refractivity contribution in [3.8, 4) is 0 Å². The predicted molar refractivity (Wildman–Crippen MR) is 109 cm³/mol.